The molecule has 7 rings (SSSR count). The molecule has 20 nitrogen and oxygen atoms in total. The Bertz CT molecular complexity index is 2130. The summed E-state index contributed by atoms with van der Waals surface area (Å²) in [5.41, 5.74) is 3.67. The lowest BCUT2D eigenvalue weighted by Gasteiger charge is -2.33. The van der Waals surface area contributed by atoms with Gasteiger partial charge < -0.3 is 39.7 Å². The molecule has 2 bridgehead atoms. The molecular weight excluding hydrogens is 769 g/mol. The first kappa shape index (κ1) is 31.4. The zero-order valence-corrected chi connectivity index (χ0v) is 27.0. The molecule has 0 aromatic carbocycles. The minimum atomic E-state index is -5.05. The van der Waals surface area contributed by atoms with E-state index in [0.717, 1.165) is 6.33 Å². The second-order valence-electron chi connectivity index (χ2n) is 10.5. The van der Waals surface area contributed by atoms with Crippen LogP contribution in [0.5, 0.6) is 0 Å². The number of nitrogens with one attached hydrogen (secondary N) is 1. The van der Waals surface area contributed by atoms with Crippen LogP contribution >= 0.6 is 38.2 Å². The highest BCUT2D eigenvalue weighted by atomic mass is 127. The summed E-state index contributed by atoms with van der Waals surface area (Å²) in [6.45, 7) is -1.86. The topological polar surface area (TPSA) is 282 Å². The van der Waals surface area contributed by atoms with Crippen LogP contribution in [0.2, 0.25) is 0 Å². The molecular formula is C23H23IN8O12P2. The number of phosphoric acid groups is 2. The van der Waals surface area contributed by atoms with E-state index in [-0.39, 0.29) is 34.7 Å². The van der Waals surface area contributed by atoms with Gasteiger partial charge in [-0.15, -0.1) is 0 Å². The number of rotatable bonds is 2. The number of anilines is 1. The molecule has 1 aliphatic carbocycles. The first-order chi connectivity index (χ1) is 21.8. The van der Waals surface area contributed by atoms with Crippen molar-refractivity contribution in [3.8, 4) is 0 Å². The van der Waals surface area contributed by atoms with Gasteiger partial charge in [0.1, 0.15) is 35.8 Å². The molecule has 0 amide bonds. The van der Waals surface area contributed by atoms with E-state index in [1.165, 1.54) is 21.8 Å². The number of aliphatic hydroxyl groups excluding tert-OH is 2. The number of halogens is 1. The van der Waals surface area contributed by atoms with Crippen molar-refractivity contribution >= 4 is 71.9 Å². The lowest BCUT2D eigenvalue weighted by molar-refractivity contribution is -0.0691. The summed E-state index contributed by atoms with van der Waals surface area (Å²) in [7, 11) is -10.1. The fourth-order valence-electron chi connectivity index (χ4n) is 5.51. The van der Waals surface area contributed by atoms with Crippen LogP contribution in [0.15, 0.2) is 47.1 Å². The van der Waals surface area contributed by atoms with Crippen LogP contribution in [0.25, 0.3) is 27.9 Å². The van der Waals surface area contributed by atoms with E-state index in [0.29, 0.717) is 14.6 Å². The number of hydrogen-bond acceptors (Lipinski definition) is 15. The summed E-state index contributed by atoms with van der Waals surface area (Å²) in [4.78, 5) is 52.3. The summed E-state index contributed by atoms with van der Waals surface area (Å²) in [6.07, 6.45) is 1.52. The maximum Gasteiger partial charge on any atom is 0.527 e. The average Bonchev–Trinajstić information content (AvgIpc) is 3.72. The minimum absolute atomic E-state index is 0.0114. The third kappa shape index (κ3) is 5.25. The predicted molar refractivity (Wildman–Crippen MR) is 162 cm³/mol. The number of aromatic nitrogens is 7. The maximum atomic E-state index is 13.3. The molecule has 244 valence electrons. The van der Waals surface area contributed by atoms with E-state index in [1.807, 2.05) is 22.6 Å². The Kier molecular flexibility index (Phi) is 7.63. The SMILES string of the molecule is Nc1ncnc2c1c(I)cn2[C@@H]1OCC2(CCOP(=O)(O)OC3=C(n4cnc5c(=O)[nH]cnc54)CC(=C3O)COP(=O)(O)O2)C1O. The van der Waals surface area contributed by atoms with Crippen molar-refractivity contribution in [2.75, 3.05) is 25.6 Å². The van der Waals surface area contributed by atoms with Gasteiger partial charge in [0, 0.05) is 28.2 Å². The van der Waals surface area contributed by atoms with Gasteiger partial charge in [0.25, 0.3) is 5.56 Å². The molecule has 23 heteroatoms. The first-order valence-corrected chi connectivity index (χ1v) is 17.3. The number of aromatic amines is 1. The molecule has 1 spiro atoms. The van der Waals surface area contributed by atoms with Gasteiger partial charge in [-0.25, -0.2) is 29.1 Å². The van der Waals surface area contributed by atoms with Crippen LogP contribution in [0.3, 0.4) is 0 Å². The van der Waals surface area contributed by atoms with Gasteiger partial charge in [-0.3, -0.25) is 27.8 Å². The summed E-state index contributed by atoms with van der Waals surface area (Å²) in [5.74, 6) is -1.04. The second kappa shape index (κ2) is 11.2. The third-order valence-corrected chi connectivity index (χ3v) is 10.5. The Balaban J connectivity index is 1.22. The van der Waals surface area contributed by atoms with Crippen LogP contribution in [-0.4, -0.2) is 85.6 Å². The Morgan fingerprint density at radius 3 is 2.74 bits per heavy atom. The van der Waals surface area contributed by atoms with Crippen molar-refractivity contribution in [3.05, 3.63) is 56.2 Å². The molecule has 5 atom stereocenters. The van der Waals surface area contributed by atoms with Crippen molar-refractivity contribution in [2.24, 2.45) is 0 Å². The number of allylic oxidation sites excluding steroid dienone is 1. The summed E-state index contributed by atoms with van der Waals surface area (Å²) >= 11 is 2.01. The van der Waals surface area contributed by atoms with E-state index in [4.69, 9.17) is 28.6 Å². The second-order valence-corrected chi connectivity index (χ2v) is 14.4. The highest BCUT2D eigenvalue weighted by Crippen LogP contribution is 2.56. The van der Waals surface area contributed by atoms with Crippen LogP contribution in [0.1, 0.15) is 19.1 Å². The average molecular weight is 792 g/mol. The largest absolute Gasteiger partial charge is 0.527 e. The van der Waals surface area contributed by atoms with Gasteiger partial charge in [0.05, 0.1) is 37.2 Å². The maximum absolute atomic E-state index is 13.3. The summed E-state index contributed by atoms with van der Waals surface area (Å²) < 4.78 is 56.9. The van der Waals surface area contributed by atoms with Gasteiger partial charge in [0.15, 0.2) is 28.9 Å². The number of hydrogen-bond donors (Lipinski definition) is 6. The smallest absolute Gasteiger partial charge is 0.504 e. The fraction of sp³-hybridized carbons (Fsp3) is 0.348. The monoisotopic (exact) mass is 792 g/mol. The number of nitrogens with two attached hydrogens (primary N) is 1. The van der Waals surface area contributed by atoms with Gasteiger partial charge in [0.2, 0.25) is 0 Å². The first-order valence-electron chi connectivity index (χ1n) is 13.3. The number of aliphatic hydroxyl groups is 2. The zero-order chi connectivity index (χ0) is 32.6. The van der Waals surface area contributed by atoms with Gasteiger partial charge in [-0.2, -0.15) is 0 Å². The minimum Gasteiger partial charge on any atom is -0.504 e. The van der Waals surface area contributed by atoms with E-state index in [9.17, 15) is 33.9 Å². The van der Waals surface area contributed by atoms with Crippen LogP contribution in [-0.2, 0) is 32.0 Å². The third-order valence-electron chi connectivity index (χ3n) is 7.68. The molecule has 0 saturated carbocycles. The van der Waals surface area contributed by atoms with E-state index < -0.39 is 76.9 Å². The molecule has 2 aliphatic heterocycles. The van der Waals surface area contributed by atoms with E-state index in [1.54, 1.807) is 6.20 Å². The molecule has 0 radical (unpaired) electrons. The molecule has 1 saturated heterocycles. The highest BCUT2D eigenvalue weighted by Gasteiger charge is 2.55. The predicted octanol–water partition coefficient (Wildman–Crippen LogP) is 1.44. The Labute approximate surface area is 269 Å². The summed E-state index contributed by atoms with van der Waals surface area (Å²) in [5, 5.41) is 23.0. The zero-order valence-electron chi connectivity index (χ0n) is 23.1. The van der Waals surface area contributed by atoms with Crippen molar-refractivity contribution in [2.45, 2.75) is 30.8 Å². The van der Waals surface area contributed by atoms with Crippen molar-refractivity contribution in [1.29, 1.82) is 0 Å². The summed E-state index contributed by atoms with van der Waals surface area (Å²) in [6, 6.07) is 0. The Morgan fingerprint density at radius 2 is 1.93 bits per heavy atom. The normalized spacial score (nSPS) is 31.0. The number of fused-ring (bicyclic) bond motifs is 3. The quantitative estimate of drug-likeness (QED) is 0.124. The number of nitrogen functional groups attached to an aromatic ring is 1. The number of ether oxygens (including phenoxy) is 1. The number of nitrogens with zero attached hydrogens (tertiary/aromatic N) is 6. The molecule has 3 aliphatic rings. The van der Waals surface area contributed by atoms with Crippen molar-refractivity contribution < 1.29 is 52.0 Å². The van der Waals surface area contributed by atoms with Crippen molar-refractivity contribution in [3.63, 3.8) is 0 Å². The van der Waals surface area contributed by atoms with E-state index >= 15 is 0 Å². The number of phosphoric ester groups is 2. The molecule has 4 unspecified atom stereocenters. The van der Waals surface area contributed by atoms with Crippen LogP contribution < -0.4 is 11.3 Å². The molecule has 4 aromatic rings. The molecule has 6 heterocycles. The van der Waals surface area contributed by atoms with Gasteiger partial charge in [-0.05, 0) is 22.6 Å². The molecule has 4 aromatic heterocycles. The van der Waals surface area contributed by atoms with Gasteiger partial charge in [-0.1, -0.05) is 0 Å². The van der Waals surface area contributed by atoms with E-state index in [2.05, 4.69) is 24.9 Å². The lowest BCUT2D eigenvalue weighted by Crippen LogP contribution is -2.45. The lowest BCUT2D eigenvalue weighted by atomic mass is 9.95. The van der Waals surface area contributed by atoms with Crippen LogP contribution in [0.4, 0.5) is 5.82 Å². The molecule has 1 fully saturated rings. The number of imidazole rings is 1. The van der Waals surface area contributed by atoms with Crippen LogP contribution in [0, 0.1) is 3.57 Å². The number of H-pyrrole nitrogens is 1. The standard InChI is InChI=1S/C23H23IN8O12P2/c24-11-4-31(19-13(11)18(25)26-7-27-19)22-17(34)23(6-40-22)1-2-41-45(36,37)43-16-12(3-10(15(16)33)5-42-46(38,39)44-23)32-9-30-14-20(32)28-8-29-21(14)35/h4,7-9,17,22,33-34H,1-3,5-6H2,(H,36,37)(H,38,39)(H2,25,26,27)(H,28,29,35)/t17?,22-,23?/m1/s1. The Hall–Kier alpha value is -3.24. The van der Waals surface area contributed by atoms with Gasteiger partial charge >= 0.3 is 15.6 Å². The Morgan fingerprint density at radius 1 is 1.13 bits per heavy atom. The molecule has 7 N–H and O–H groups in total. The van der Waals surface area contributed by atoms with Crippen molar-refractivity contribution in [1.82, 2.24) is 34.1 Å². The molecule has 46 heavy (non-hydrogen) atoms. The highest BCUT2D eigenvalue weighted by molar-refractivity contribution is 14.1. The fourth-order valence-corrected chi connectivity index (χ4v) is 8.20.